The largest absolute Gasteiger partial charge is 0.391 e. The zero-order valence-electron chi connectivity index (χ0n) is 13.3. The summed E-state index contributed by atoms with van der Waals surface area (Å²) in [7, 11) is 0. The fraction of sp³-hybridized carbons (Fsp3) is 0.625. The molecule has 0 saturated carbocycles. The maximum Gasteiger partial charge on any atom is 0.263 e. The number of rotatable bonds is 4. The number of halogens is 1. The third kappa shape index (κ3) is 4.08. The maximum absolute atomic E-state index is 12.4. The molecule has 2 aliphatic heterocycles. The first kappa shape index (κ1) is 17.7. The Morgan fingerprint density at radius 1 is 1.33 bits per heavy atom. The average Bonchev–Trinajstić information content (AvgIpc) is 3.20. The molecule has 3 N–H and O–H groups in total. The first-order valence-electron chi connectivity index (χ1n) is 8.25. The van der Waals surface area contributed by atoms with Crippen LogP contribution in [-0.2, 0) is 4.79 Å². The number of amides is 2. The minimum atomic E-state index is -0.387. The van der Waals surface area contributed by atoms with Gasteiger partial charge in [-0.25, -0.2) is 0 Å². The summed E-state index contributed by atoms with van der Waals surface area (Å²) in [5, 5.41) is 15.8. The van der Waals surface area contributed by atoms with Crippen molar-refractivity contribution in [2.75, 3.05) is 32.7 Å². The molecular weight excluding hydrogens is 350 g/mol. The van der Waals surface area contributed by atoms with Gasteiger partial charge in [-0.05, 0) is 25.0 Å². The molecule has 6 nitrogen and oxygen atoms in total. The predicted octanol–water partition coefficient (Wildman–Crippen LogP) is 0.950. The number of piperidine rings is 1. The van der Waals surface area contributed by atoms with Crippen LogP contribution in [0.15, 0.2) is 12.1 Å². The SMILES string of the molecule is O=C(NCC1CNCC1O)C1CCN(C(=O)c2ccc(Cl)s2)CC1. The number of nitrogens with one attached hydrogen (secondary N) is 2. The third-order valence-corrected chi connectivity index (χ3v) is 6.00. The summed E-state index contributed by atoms with van der Waals surface area (Å²) in [5.74, 6) is 0.0398. The molecule has 2 saturated heterocycles. The van der Waals surface area contributed by atoms with Gasteiger partial charge >= 0.3 is 0 Å². The van der Waals surface area contributed by atoms with Crippen molar-refractivity contribution < 1.29 is 14.7 Å². The van der Waals surface area contributed by atoms with Crippen molar-refractivity contribution in [2.24, 2.45) is 11.8 Å². The molecule has 0 aliphatic carbocycles. The highest BCUT2D eigenvalue weighted by molar-refractivity contribution is 7.17. The second-order valence-electron chi connectivity index (χ2n) is 6.40. The van der Waals surface area contributed by atoms with E-state index in [-0.39, 0.29) is 29.8 Å². The van der Waals surface area contributed by atoms with Crippen LogP contribution in [0.4, 0.5) is 0 Å². The van der Waals surface area contributed by atoms with Gasteiger partial charge in [0.15, 0.2) is 0 Å². The fourth-order valence-corrected chi connectivity index (χ4v) is 4.24. The van der Waals surface area contributed by atoms with Crippen LogP contribution in [-0.4, -0.2) is 60.6 Å². The van der Waals surface area contributed by atoms with Crippen LogP contribution in [0.5, 0.6) is 0 Å². The normalized spacial score (nSPS) is 25.0. The monoisotopic (exact) mass is 371 g/mol. The number of likely N-dealkylation sites (tertiary alicyclic amines) is 1. The van der Waals surface area contributed by atoms with Crippen molar-refractivity contribution >= 4 is 34.8 Å². The van der Waals surface area contributed by atoms with E-state index in [1.807, 2.05) is 0 Å². The van der Waals surface area contributed by atoms with Crippen LogP contribution in [0, 0.1) is 11.8 Å². The van der Waals surface area contributed by atoms with Crippen molar-refractivity contribution in [3.8, 4) is 0 Å². The number of hydrogen-bond donors (Lipinski definition) is 3. The lowest BCUT2D eigenvalue weighted by Crippen LogP contribution is -2.44. The van der Waals surface area contributed by atoms with Crippen molar-refractivity contribution in [2.45, 2.75) is 18.9 Å². The summed E-state index contributed by atoms with van der Waals surface area (Å²) in [5.41, 5.74) is 0. The fourth-order valence-electron chi connectivity index (χ4n) is 3.23. The van der Waals surface area contributed by atoms with Crippen molar-refractivity contribution in [3.05, 3.63) is 21.3 Å². The molecule has 24 heavy (non-hydrogen) atoms. The quantitative estimate of drug-likeness (QED) is 0.736. The Labute approximate surface area is 150 Å². The summed E-state index contributed by atoms with van der Waals surface area (Å²) < 4.78 is 0.608. The lowest BCUT2D eigenvalue weighted by atomic mass is 9.95. The first-order valence-corrected chi connectivity index (χ1v) is 9.45. The van der Waals surface area contributed by atoms with E-state index < -0.39 is 0 Å². The van der Waals surface area contributed by atoms with Crippen molar-refractivity contribution in [1.29, 1.82) is 0 Å². The Kier molecular flexibility index (Phi) is 5.76. The van der Waals surface area contributed by atoms with E-state index in [0.29, 0.717) is 48.2 Å². The van der Waals surface area contributed by atoms with E-state index in [0.717, 1.165) is 6.54 Å². The highest BCUT2D eigenvalue weighted by Crippen LogP contribution is 2.25. The standard InChI is InChI=1S/C16H22ClN3O3S/c17-14-2-1-13(24-14)16(23)20-5-3-10(4-6-20)15(22)19-8-11-7-18-9-12(11)21/h1-2,10-12,18,21H,3-9H2,(H,19,22). The zero-order chi connectivity index (χ0) is 17.1. The van der Waals surface area contributed by atoms with Gasteiger partial charge in [0.05, 0.1) is 15.3 Å². The molecule has 0 bridgehead atoms. The topological polar surface area (TPSA) is 81.7 Å². The molecule has 3 heterocycles. The molecule has 0 aromatic carbocycles. The second kappa shape index (κ2) is 7.82. The molecule has 8 heteroatoms. The summed E-state index contributed by atoms with van der Waals surface area (Å²) in [6.07, 6.45) is 0.951. The van der Waals surface area contributed by atoms with E-state index in [2.05, 4.69) is 10.6 Å². The second-order valence-corrected chi connectivity index (χ2v) is 8.12. The molecule has 2 atom stereocenters. The van der Waals surface area contributed by atoms with E-state index in [4.69, 9.17) is 11.6 Å². The van der Waals surface area contributed by atoms with E-state index in [1.54, 1.807) is 17.0 Å². The Hall–Kier alpha value is -1.15. The molecule has 2 amide bonds. The Bertz CT molecular complexity index is 601. The van der Waals surface area contributed by atoms with E-state index >= 15 is 0 Å². The van der Waals surface area contributed by atoms with Gasteiger partial charge in [-0.3, -0.25) is 9.59 Å². The number of carbonyl (C=O) groups excluding carboxylic acids is 2. The molecule has 0 spiro atoms. The predicted molar refractivity (Wildman–Crippen MR) is 93.3 cm³/mol. The highest BCUT2D eigenvalue weighted by Gasteiger charge is 2.30. The number of hydrogen-bond acceptors (Lipinski definition) is 5. The molecule has 1 aromatic rings. The maximum atomic E-state index is 12.4. The number of thiophene rings is 1. The van der Waals surface area contributed by atoms with Crippen molar-refractivity contribution in [3.63, 3.8) is 0 Å². The van der Waals surface area contributed by atoms with E-state index in [1.165, 1.54) is 11.3 Å². The number of carbonyl (C=O) groups is 2. The number of β-amino-alcohol motifs (C(OH)–C–C–N with tert-alkyl or cyclic N) is 1. The van der Waals surface area contributed by atoms with Gasteiger partial charge in [0.25, 0.3) is 5.91 Å². The van der Waals surface area contributed by atoms with Crippen LogP contribution in [0.1, 0.15) is 22.5 Å². The number of aliphatic hydroxyl groups excluding tert-OH is 1. The Balaban J connectivity index is 1.44. The van der Waals surface area contributed by atoms with Crippen LogP contribution in [0.2, 0.25) is 4.34 Å². The lowest BCUT2D eigenvalue weighted by Gasteiger charge is -2.31. The van der Waals surface area contributed by atoms with Crippen LogP contribution in [0.3, 0.4) is 0 Å². The molecule has 0 radical (unpaired) electrons. The van der Waals surface area contributed by atoms with Crippen LogP contribution >= 0.6 is 22.9 Å². The summed E-state index contributed by atoms with van der Waals surface area (Å²) in [4.78, 5) is 27.1. The Morgan fingerprint density at radius 2 is 2.08 bits per heavy atom. The van der Waals surface area contributed by atoms with Gasteiger partial charge in [-0.1, -0.05) is 11.6 Å². The smallest absolute Gasteiger partial charge is 0.263 e. The van der Waals surface area contributed by atoms with Crippen molar-refractivity contribution in [1.82, 2.24) is 15.5 Å². The molecular formula is C16H22ClN3O3S. The summed E-state index contributed by atoms with van der Waals surface area (Å²) in [6.45, 7) is 2.99. The number of aliphatic hydroxyl groups is 1. The van der Waals surface area contributed by atoms with Gasteiger partial charge in [-0.15, -0.1) is 11.3 Å². The van der Waals surface area contributed by atoms with Gasteiger partial charge < -0.3 is 20.6 Å². The van der Waals surface area contributed by atoms with Gasteiger partial charge in [0, 0.05) is 44.6 Å². The summed E-state index contributed by atoms with van der Waals surface area (Å²) >= 11 is 7.16. The molecule has 2 aliphatic rings. The minimum absolute atomic E-state index is 0.00842. The minimum Gasteiger partial charge on any atom is -0.391 e. The van der Waals surface area contributed by atoms with Gasteiger partial charge in [-0.2, -0.15) is 0 Å². The first-order chi connectivity index (χ1) is 11.5. The third-order valence-electron chi connectivity index (χ3n) is 4.78. The average molecular weight is 372 g/mol. The van der Waals surface area contributed by atoms with Crippen LogP contribution < -0.4 is 10.6 Å². The lowest BCUT2D eigenvalue weighted by molar-refractivity contribution is -0.126. The van der Waals surface area contributed by atoms with Gasteiger partial charge in [0.1, 0.15) is 0 Å². The summed E-state index contributed by atoms with van der Waals surface area (Å²) in [6, 6.07) is 3.47. The number of nitrogens with zero attached hydrogens (tertiary/aromatic N) is 1. The van der Waals surface area contributed by atoms with Crippen LogP contribution in [0.25, 0.3) is 0 Å². The zero-order valence-corrected chi connectivity index (χ0v) is 14.9. The molecule has 1 aromatic heterocycles. The van der Waals surface area contributed by atoms with E-state index in [9.17, 15) is 14.7 Å². The van der Waals surface area contributed by atoms with Gasteiger partial charge in [0.2, 0.25) is 5.91 Å². The molecule has 132 valence electrons. The molecule has 2 fully saturated rings. The Morgan fingerprint density at radius 3 is 2.67 bits per heavy atom. The molecule has 3 rings (SSSR count). The molecule has 2 unspecified atom stereocenters. The highest BCUT2D eigenvalue weighted by atomic mass is 35.5.